The van der Waals surface area contributed by atoms with E-state index in [1.165, 1.54) is 159 Å². The third-order valence-electron chi connectivity index (χ3n) is 18.3. The fraction of sp³-hybridized carbons (Fsp3) is 0.109. The molecule has 0 aliphatic heterocycles. The molecule has 0 bridgehead atoms. The Morgan fingerprint density at radius 1 is 0.196 bits per heavy atom. The molecule has 0 N–H and O–H groups in total. The molecule has 448 valence electrons. The van der Waals surface area contributed by atoms with Gasteiger partial charge in [-0.25, -0.2) is 0 Å². The molecule has 0 heteroatoms. The predicted molar refractivity (Wildman–Crippen MR) is 402 cm³/mol. The summed E-state index contributed by atoms with van der Waals surface area (Å²) in [7, 11) is 0. The summed E-state index contributed by atoms with van der Waals surface area (Å²) in [5.74, 6) is 0. The van der Waals surface area contributed by atoms with Gasteiger partial charge in [0.1, 0.15) is 0 Å². The number of aryl methyl sites for hydroxylation is 7. The molecule has 0 amide bonds. The maximum atomic E-state index is 2.31. The van der Waals surface area contributed by atoms with Gasteiger partial charge in [-0.15, -0.1) is 0 Å². The van der Waals surface area contributed by atoms with E-state index < -0.39 is 0 Å². The Hall–Kier alpha value is -10.7. The van der Waals surface area contributed by atoms with Gasteiger partial charge in [0.2, 0.25) is 0 Å². The monoisotopic (exact) mass is 1180 g/mol. The molecule has 92 heavy (non-hydrogen) atoms. The van der Waals surface area contributed by atoms with E-state index in [2.05, 4.69) is 360 Å². The van der Waals surface area contributed by atoms with Crippen LogP contribution in [0.2, 0.25) is 0 Å². The number of fused-ring (bicyclic) bond motifs is 8. The molecule has 18 rings (SSSR count). The zero-order chi connectivity index (χ0) is 63.7. The summed E-state index contributed by atoms with van der Waals surface area (Å²) in [5.41, 5.74) is 23.3. The minimum Gasteiger partial charge on any atom is -0.0622 e. The van der Waals surface area contributed by atoms with Crippen LogP contribution in [-0.2, 0) is 5.41 Å². The molecule has 16 aromatic rings. The highest BCUT2D eigenvalue weighted by Gasteiger charge is 2.34. The van der Waals surface area contributed by atoms with Gasteiger partial charge in [-0.1, -0.05) is 358 Å². The lowest BCUT2D eigenvalue weighted by atomic mass is 9.82. The van der Waals surface area contributed by atoms with Crippen LogP contribution in [-0.4, -0.2) is 0 Å². The van der Waals surface area contributed by atoms with Gasteiger partial charge in [0.05, 0.1) is 0 Å². The van der Waals surface area contributed by atoms with Crippen molar-refractivity contribution in [1.29, 1.82) is 0 Å². The molecule has 0 saturated carbocycles. The molecule has 0 heterocycles. The first-order chi connectivity index (χ1) is 44.8. The van der Waals surface area contributed by atoms with Crippen molar-refractivity contribution in [3.63, 3.8) is 0 Å². The Kier molecular flexibility index (Phi) is 18.5. The van der Waals surface area contributed by atoms with Crippen molar-refractivity contribution in [3.8, 4) is 44.5 Å². The van der Waals surface area contributed by atoms with Gasteiger partial charge >= 0.3 is 0 Å². The first-order valence-corrected chi connectivity index (χ1v) is 32.3. The van der Waals surface area contributed by atoms with Crippen molar-refractivity contribution in [1.82, 2.24) is 0 Å². The van der Waals surface area contributed by atoms with Crippen molar-refractivity contribution < 1.29 is 0 Å². The predicted octanol–water partition coefficient (Wildman–Crippen LogP) is 25.9. The summed E-state index contributed by atoms with van der Waals surface area (Å²) in [6.45, 7) is 19.6. The Bertz CT molecular complexity index is 5120. The van der Waals surface area contributed by atoms with Gasteiger partial charge in [-0.2, -0.15) is 0 Å². The maximum Gasteiger partial charge on any atom is 0.0158 e. The Labute approximate surface area is 545 Å². The molecular formula is C92H80. The van der Waals surface area contributed by atoms with Crippen LogP contribution in [0.5, 0.6) is 0 Å². The van der Waals surface area contributed by atoms with Crippen LogP contribution in [0.3, 0.4) is 0 Å². The molecule has 0 fully saturated rings. The first-order valence-electron chi connectivity index (χ1n) is 32.3. The highest BCUT2D eigenvalue weighted by molar-refractivity contribution is 6.23. The zero-order valence-electron chi connectivity index (χ0n) is 54.6. The van der Waals surface area contributed by atoms with E-state index in [0.29, 0.717) is 0 Å². The van der Waals surface area contributed by atoms with Gasteiger partial charge in [0, 0.05) is 5.41 Å². The average molecular weight is 1190 g/mol. The second kappa shape index (κ2) is 27.6. The quantitative estimate of drug-likeness (QED) is 0.144. The number of rotatable bonds is 1. The van der Waals surface area contributed by atoms with Crippen molar-refractivity contribution in [2.24, 2.45) is 0 Å². The zero-order valence-corrected chi connectivity index (χ0v) is 54.6. The summed E-state index contributed by atoms with van der Waals surface area (Å²) in [6.07, 6.45) is 0. The lowest BCUT2D eigenvalue weighted by molar-refractivity contribution is 0.660. The minimum absolute atomic E-state index is 0.152. The SMILES string of the molecule is Cc1ccc(-c2ccccc2)cc1.Cc1ccc2c(c1)-c1ccccc1C2(C)C.Cc1ccc2c3c(cccc13)-c1ccccc1-2.Cc1ccc2ccc3cccc4ccc1c2c34.Cc1ccc2ccccc2c1.Cc1cccc2ccccc12.Cc1ccccc1. The maximum absolute atomic E-state index is 2.31. The normalized spacial score (nSPS) is 11.6. The summed E-state index contributed by atoms with van der Waals surface area (Å²) in [6, 6.07) is 114. The number of hydrogen-bond donors (Lipinski definition) is 0. The molecule has 0 saturated heterocycles. The second-order valence-electron chi connectivity index (χ2n) is 25.2. The number of benzene rings is 16. The van der Waals surface area contributed by atoms with Crippen molar-refractivity contribution >= 4 is 64.6 Å². The molecule has 16 aromatic carbocycles. The summed E-state index contributed by atoms with van der Waals surface area (Å²) < 4.78 is 0. The largest absolute Gasteiger partial charge is 0.0622 e. The third kappa shape index (κ3) is 13.3. The Balaban J connectivity index is 0.000000105. The molecule has 0 spiro atoms. The molecule has 0 atom stereocenters. The van der Waals surface area contributed by atoms with Crippen LogP contribution in [0.1, 0.15) is 63.9 Å². The topological polar surface area (TPSA) is 0 Å². The van der Waals surface area contributed by atoms with Crippen molar-refractivity contribution in [2.75, 3.05) is 0 Å². The van der Waals surface area contributed by atoms with Gasteiger partial charge < -0.3 is 0 Å². The van der Waals surface area contributed by atoms with Gasteiger partial charge in [-0.3, -0.25) is 0 Å². The standard InChI is InChI=1S/2C17H12.C16H16.C13H12.2C11H10.C7H8/c1-11-9-10-16-14-6-3-2-5-13(14)15-8-4-7-12(11)17(15)16;1-11-5-6-14-8-7-12-3-2-4-13-9-10-15(11)17(14)16(12)13;1-11-8-9-15-13(10-11)12-6-4-5-7-14(12)16(15,2)3;1-11-7-9-13(10-8-11)12-5-3-2-4-6-12;1-9-5-4-7-10-6-2-3-8-11(9)10;1-9-6-7-10-4-2-3-5-11(10)8-9;1-7-5-3-2-4-6-7/h2*2-10H,1H3;4-10H,1-3H3;2-10H,1H3;2*2-8H,1H3;2-6H,1H3. The van der Waals surface area contributed by atoms with Gasteiger partial charge in [-0.05, 0) is 185 Å². The van der Waals surface area contributed by atoms with Crippen LogP contribution in [0, 0.1) is 48.5 Å². The molecule has 0 aromatic heterocycles. The Morgan fingerprint density at radius 2 is 0.609 bits per heavy atom. The first kappa shape index (κ1) is 61.6. The van der Waals surface area contributed by atoms with E-state index in [-0.39, 0.29) is 5.41 Å². The van der Waals surface area contributed by atoms with E-state index in [1.54, 1.807) is 0 Å². The van der Waals surface area contributed by atoms with Crippen LogP contribution >= 0.6 is 0 Å². The lowest BCUT2D eigenvalue weighted by Gasteiger charge is -2.21. The fourth-order valence-corrected chi connectivity index (χ4v) is 13.3. The molecule has 0 nitrogen and oxygen atoms in total. The van der Waals surface area contributed by atoms with Gasteiger partial charge in [0.15, 0.2) is 0 Å². The highest BCUT2D eigenvalue weighted by atomic mass is 14.4. The molecule has 2 aliphatic rings. The molecule has 2 aliphatic carbocycles. The second-order valence-corrected chi connectivity index (χ2v) is 25.2. The van der Waals surface area contributed by atoms with Crippen LogP contribution in [0.4, 0.5) is 0 Å². The molecule has 0 radical (unpaired) electrons. The van der Waals surface area contributed by atoms with E-state index >= 15 is 0 Å². The van der Waals surface area contributed by atoms with E-state index in [4.69, 9.17) is 0 Å². The van der Waals surface area contributed by atoms with E-state index in [1.807, 2.05) is 24.3 Å². The van der Waals surface area contributed by atoms with E-state index in [9.17, 15) is 0 Å². The molecular weight excluding hydrogens is 1110 g/mol. The van der Waals surface area contributed by atoms with Crippen LogP contribution < -0.4 is 0 Å². The van der Waals surface area contributed by atoms with Crippen LogP contribution in [0.15, 0.2) is 322 Å². The van der Waals surface area contributed by atoms with Crippen molar-refractivity contribution in [2.45, 2.75) is 67.7 Å². The smallest absolute Gasteiger partial charge is 0.0158 e. The number of hydrogen-bond acceptors (Lipinski definition) is 0. The Morgan fingerprint density at radius 3 is 1.29 bits per heavy atom. The minimum atomic E-state index is 0.152. The van der Waals surface area contributed by atoms with Crippen LogP contribution in [0.25, 0.3) is 109 Å². The summed E-state index contributed by atoms with van der Waals surface area (Å²) in [5, 5.41) is 16.4. The summed E-state index contributed by atoms with van der Waals surface area (Å²) >= 11 is 0. The lowest BCUT2D eigenvalue weighted by Crippen LogP contribution is -2.14. The van der Waals surface area contributed by atoms with Gasteiger partial charge in [0.25, 0.3) is 0 Å². The fourth-order valence-electron chi connectivity index (χ4n) is 13.3. The van der Waals surface area contributed by atoms with Crippen molar-refractivity contribution in [3.05, 3.63) is 372 Å². The summed E-state index contributed by atoms with van der Waals surface area (Å²) in [4.78, 5) is 0. The third-order valence-corrected chi connectivity index (χ3v) is 18.3. The molecule has 0 unspecified atom stereocenters. The van der Waals surface area contributed by atoms with E-state index in [0.717, 1.165) is 0 Å². The average Bonchev–Trinajstić information content (AvgIpc) is 1.42. The highest BCUT2D eigenvalue weighted by Crippen LogP contribution is 2.49.